The summed E-state index contributed by atoms with van der Waals surface area (Å²) in [6, 6.07) is 23.1. The Balaban J connectivity index is 1.95. The molecule has 39 heavy (non-hydrogen) atoms. The Morgan fingerprint density at radius 2 is 1.38 bits per heavy atom. The minimum absolute atomic E-state index is 0.148. The first-order valence-corrected chi connectivity index (χ1v) is 12.3. The monoisotopic (exact) mass is 525 g/mol. The highest BCUT2D eigenvalue weighted by molar-refractivity contribution is 6.35. The van der Waals surface area contributed by atoms with Crippen molar-refractivity contribution in [2.24, 2.45) is 0 Å². The minimum Gasteiger partial charge on any atom is -0.475 e. The van der Waals surface area contributed by atoms with E-state index in [9.17, 15) is 29.1 Å². The summed E-state index contributed by atoms with van der Waals surface area (Å²) in [6.07, 6.45) is 1.31. The lowest BCUT2D eigenvalue weighted by Crippen LogP contribution is -2.61. The molecule has 0 fully saturated rings. The summed E-state index contributed by atoms with van der Waals surface area (Å²) in [5.41, 5.74) is 1.72. The summed E-state index contributed by atoms with van der Waals surface area (Å²) in [4.78, 5) is 66.7. The van der Waals surface area contributed by atoms with Gasteiger partial charge < -0.3 is 10.0 Å². The molecule has 2 atom stereocenters. The van der Waals surface area contributed by atoms with Crippen LogP contribution in [0.2, 0.25) is 0 Å². The van der Waals surface area contributed by atoms with E-state index in [-0.39, 0.29) is 12.1 Å². The molecule has 3 amide bonds. The summed E-state index contributed by atoms with van der Waals surface area (Å²) in [5.74, 6) is -4.81. The zero-order valence-electron chi connectivity index (χ0n) is 21.4. The minimum atomic E-state index is -1.73. The highest BCUT2D eigenvalue weighted by Gasteiger charge is 2.46. The van der Waals surface area contributed by atoms with Crippen molar-refractivity contribution in [1.29, 1.82) is 0 Å². The maximum absolute atomic E-state index is 14.4. The van der Waals surface area contributed by atoms with Crippen molar-refractivity contribution in [3.05, 3.63) is 114 Å². The van der Waals surface area contributed by atoms with Crippen molar-refractivity contribution in [1.82, 2.24) is 14.9 Å². The van der Waals surface area contributed by atoms with Gasteiger partial charge >= 0.3 is 5.97 Å². The highest BCUT2D eigenvalue weighted by atomic mass is 16.4. The Morgan fingerprint density at radius 3 is 1.90 bits per heavy atom. The zero-order valence-corrected chi connectivity index (χ0v) is 21.4. The number of carboxylic acids is 1. The molecule has 0 saturated heterocycles. The van der Waals surface area contributed by atoms with Gasteiger partial charge in [-0.3, -0.25) is 19.2 Å². The van der Waals surface area contributed by atoms with Gasteiger partial charge in [0.15, 0.2) is 0 Å². The molecule has 4 rings (SSSR count). The zero-order chi connectivity index (χ0) is 28.1. The lowest BCUT2D eigenvalue weighted by Gasteiger charge is -2.45. The predicted molar refractivity (Wildman–Crippen MR) is 142 cm³/mol. The molecule has 1 unspecified atom stereocenters. The average molecular weight is 526 g/mol. The Labute approximate surface area is 225 Å². The number of carbonyl (C=O) groups is 5. The normalized spacial score (nSPS) is 15.8. The molecule has 0 saturated carbocycles. The van der Waals surface area contributed by atoms with Crippen LogP contribution in [0.4, 0.5) is 0 Å². The van der Waals surface area contributed by atoms with Gasteiger partial charge in [0.2, 0.25) is 11.8 Å². The van der Waals surface area contributed by atoms with Crippen molar-refractivity contribution < 1.29 is 29.1 Å². The molecule has 1 aliphatic heterocycles. The first-order valence-electron chi connectivity index (χ1n) is 12.3. The lowest BCUT2D eigenvalue weighted by molar-refractivity contribution is -0.170. The first-order chi connectivity index (χ1) is 18.7. The number of carboxylic acid groups (broad SMARTS) is 1. The summed E-state index contributed by atoms with van der Waals surface area (Å²) in [5, 5.41) is 11.6. The summed E-state index contributed by atoms with van der Waals surface area (Å²) in [6.45, 7) is 2.49. The van der Waals surface area contributed by atoms with Crippen molar-refractivity contribution in [3.63, 3.8) is 0 Å². The fraction of sp³-hybridized carbons (Fsp3) is 0.167. The van der Waals surface area contributed by atoms with Crippen LogP contribution >= 0.6 is 0 Å². The number of nitrogens with zero attached hydrogens (tertiary/aromatic N) is 3. The second-order valence-corrected chi connectivity index (χ2v) is 9.01. The molecule has 3 aromatic carbocycles. The molecule has 1 N–H and O–H groups in total. The molecule has 0 bridgehead atoms. The van der Waals surface area contributed by atoms with Gasteiger partial charge in [-0.05, 0) is 11.1 Å². The van der Waals surface area contributed by atoms with Gasteiger partial charge in [0.05, 0.1) is 5.70 Å². The maximum atomic E-state index is 14.4. The number of hydrogen-bond acceptors (Lipinski definition) is 5. The van der Waals surface area contributed by atoms with E-state index in [2.05, 4.69) is 0 Å². The smallest absolute Gasteiger partial charge is 0.374 e. The predicted octanol–water partition coefficient (Wildman–Crippen LogP) is 3.45. The molecular formula is C30H27N3O6. The number of carbonyl (C=O) groups excluding carboxylic acids is 4. The van der Waals surface area contributed by atoms with Crippen LogP contribution < -0.4 is 0 Å². The van der Waals surface area contributed by atoms with Crippen LogP contribution in [0.5, 0.6) is 0 Å². The SMILES string of the molecule is CC(=O)N1C=C(c2ccccc2)N(N(C(C)=O)[C@@H](Cc2ccccc2)C(=O)C(=O)O)C(=O)C1c1ccccc1. The van der Waals surface area contributed by atoms with Gasteiger partial charge in [0.1, 0.15) is 12.1 Å². The van der Waals surface area contributed by atoms with Gasteiger partial charge in [0.25, 0.3) is 11.7 Å². The van der Waals surface area contributed by atoms with E-state index in [4.69, 9.17) is 0 Å². The van der Waals surface area contributed by atoms with Crippen LogP contribution in [-0.4, -0.2) is 55.5 Å². The fourth-order valence-corrected chi connectivity index (χ4v) is 4.62. The van der Waals surface area contributed by atoms with E-state index in [1.54, 1.807) is 91.0 Å². The maximum Gasteiger partial charge on any atom is 0.374 e. The third-order valence-electron chi connectivity index (χ3n) is 6.38. The van der Waals surface area contributed by atoms with Gasteiger partial charge in [-0.1, -0.05) is 91.0 Å². The first kappa shape index (κ1) is 27.0. The molecule has 9 heteroatoms. The Bertz CT molecular complexity index is 1420. The van der Waals surface area contributed by atoms with Crippen LogP contribution in [0.3, 0.4) is 0 Å². The van der Waals surface area contributed by atoms with Crippen LogP contribution in [0.15, 0.2) is 97.2 Å². The van der Waals surface area contributed by atoms with Gasteiger partial charge in [-0.25, -0.2) is 14.8 Å². The number of benzene rings is 3. The number of rotatable bonds is 8. The Morgan fingerprint density at radius 1 is 0.846 bits per heavy atom. The third kappa shape index (κ3) is 5.62. The van der Waals surface area contributed by atoms with Gasteiger partial charge in [-0.15, -0.1) is 0 Å². The van der Waals surface area contributed by atoms with E-state index in [0.29, 0.717) is 16.7 Å². The second-order valence-electron chi connectivity index (χ2n) is 9.01. The van der Waals surface area contributed by atoms with E-state index >= 15 is 0 Å². The number of Topliss-reactive ketones (excluding diaryl/α,β-unsaturated/α-hetero) is 1. The molecule has 9 nitrogen and oxygen atoms in total. The fourth-order valence-electron chi connectivity index (χ4n) is 4.62. The molecule has 0 aliphatic carbocycles. The van der Waals surface area contributed by atoms with Crippen molar-refractivity contribution in [3.8, 4) is 0 Å². The summed E-state index contributed by atoms with van der Waals surface area (Å²) >= 11 is 0. The van der Waals surface area contributed by atoms with E-state index < -0.39 is 41.6 Å². The van der Waals surface area contributed by atoms with Crippen LogP contribution in [-0.2, 0) is 30.4 Å². The van der Waals surface area contributed by atoms with Crippen LogP contribution in [0.1, 0.15) is 36.6 Å². The number of amides is 3. The molecule has 0 radical (unpaired) electrons. The Hall–Kier alpha value is -5.05. The quantitative estimate of drug-likeness (QED) is 0.451. The molecule has 0 spiro atoms. The molecule has 1 heterocycles. The second kappa shape index (κ2) is 11.6. The molecular weight excluding hydrogens is 498 g/mol. The lowest BCUT2D eigenvalue weighted by atomic mass is 9.98. The van der Waals surface area contributed by atoms with Crippen molar-refractivity contribution in [2.75, 3.05) is 0 Å². The Kier molecular flexibility index (Phi) is 8.00. The van der Waals surface area contributed by atoms with E-state index in [1.165, 1.54) is 18.0 Å². The number of aliphatic carboxylic acids is 1. The topological polar surface area (TPSA) is 115 Å². The number of hydrogen-bond donors (Lipinski definition) is 1. The molecule has 198 valence electrons. The van der Waals surface area contributed by atoms with Crippen molar-refractivity contribution >= 4 is 35.2 Å². The summed E-state index contributed by atoms with van der Waals surface area (Å²) < 4.78 is 0. The largest absolute Gasteiger partial charge is 0.475 e. The molecule has 3 aromatic rings. The van der Waals surface area contributed by atoms with E-state index in [0.717, 1.165) is 16.9 Å². The van der Waals surface area contributed by atoms with Crippen LogP contribution in [0, 0.1) is 0 Å². The molecule has 1 aliphatic rings. The number of hydrazine groups is 1. The molecule has 0 aromatic heterocycles. The highest BCUT2D eigenvalue weighted by Crippen LogP contribution is 2.37. The van der Waals surface area contributed by atoms with Crippen molar-refractivity contribution in [2.45, 2.75) is 32.4 Å². The van der Waals surface area contributed by atoms with Crippen LogP contribution in [0.25, 0.3) is 5.70 Å². The van der Waals surface area contributed by atoms with Gasteiger partial charge in [-0.2, -0.15) is 0 Å². The summed E-state index contributed by atoms with van der Waals surface area (Å²) in [7, 11) is 0. The standard InChI is InChI=1S/C30H27N3O6/c1-20(34)31-19-26(23-14-8-4-9-15-23)33(29(37)27(31)24-16-10-5-11-17-24)32(21(2)35)25(28(36)30(38)39)18-22-12-6-3-7-13-22/h3-17,19,25,27H,18H2,1-2H3,(H,38,39)/t25-,27?/m0/s1. The average Bonchev–Trinajstić information content (AvgIpc) is 2.94. The third-order valence-corrected chi connectivity index (χ3v) is 6.38. The van der Waals surface area contributed by atoms with E-state index in [1.807, 2.05) is 0 Å². The number of ketones is 1. The van der Waals surface area contributed by atoms with Gasteiger partial charge in [0, 0.05) is 32.0 Å².